The molecular formula is C11H17NO. The van der Waals surface area contributed by atoms with Crippen molar-refractivity contribution < 1.29 is 4.42 Å². The molecule has 0 radical (unpaired) electrons. The van der Waals surface area contributed by atoms with Gasteiger partial charge in [-0.25, -0.2) is 0 Å². The number of aryl methyl sites for hydroxylation is 2. The van der Waals surface area contributed by atoms with Crippen molar-refractivity contribution >= 4 is 0 Å². The van der Waals surface area contributed by atoms with E-state index in [4.69, 9.17) is 10.2 Å². The van der Waals surface area contributed by atoms with Crippen LogP contribution in [-0.2, 0) is 12.8 Å². The summed E-state index contributed by atoms with van der Waals surface area (Å²) in [6, 6.07) is 2.21. The fourth-order valence-electron chi connectivity index (χ4n) is 2.11. The molecule has 0 bridgehead atoms. The molecule has 1 heterocycles. The largest absolute Gasteiger partial charge is 0.465 e. The topological polar surface area (TPSA) is 39.2 Å². The van der Waals surface area contributed by atoms with Crippen LogP contribution >= 0.6 is 0 Å². The Hall–Kier alpha value is -0.760. The molecule has 0 aromatic carbocycles. The van der Waals surface area contributed by atoms with E-state index in [2.05, 4.69) is 13.0 Å². The van der Waals surface area contributed by atoms with Crippen molar-refractivity contribution in [3.8, 4) is 0 Å². The Morgan fingerprint density at radius 2 is 2.46 bits per heavy atom. The molecule has 1 aromatic heterocycles. The van der Waals surface area contributed by atoms with Gasteiger partial charge in [-0.15, -0.1) is 0 Å². The Morgan fingerprint density at radius 1 is 1.62 bits per heavy atom. The fourth-order valence-corrected chi connectivity index (χ4v) is 2.11. The summed E-state index contributed by atoms with van der Waals surface area (Å²) in [6.07, 6.45) is 4.62. The summed E-state index contributed by atoms with van der Waals surface area (Å²) < 4.78 is 5.78. The normalized spacial score (nSPS) is 21.5. The van der Waals surface area contributed by atoms with Crippen LogP contribution in [0.25, 0.3) is 0 Å². The predicted octanol–water partition coefficient (Wildman–Crippen LogP) is 2.22. The van der Waals surface area contributed by atoms with Gasteiger partial charge in [-0.3, -0.25) is 0 Å². The number of hydrogen-bond acceptors (Lipinski definition) is 2. The Morgan fingerprint density at radius 3 is 3.15 bits per heavy atom. The molecular weight excluding hydrogens is 162 g/mol. The predicted molar refractivity (Wildman–Crippen MR) is 52.8 cm³/mol. The number of furan rings is 1. The summed E-state index contributed by atoms with van der Waals surface area (Å²) in [6.45, 7) is 2.85. The van der Waals surface area contributed by atoms with Crippen molar-refractivity contribution in [2.75, 3.05) is 6.54 Å². The number of hydrogen-bond donors (Lipinski definition) is 1. The number of nitrogens with two attached hydrogens (primary N) is 1. The molecule has 0 spiro atoms. The van der Waals surface area contributed by atoms with Gasteiger partial charge < -0.3 is 10.2 Å². The van der Waals surface area contributed by atoms with E-state index in [0.717, 1.165) is 18.7 Å². The molecule has 0 saturated carbocycles. The number of fused-ring (bicyclic) bond motifs is 1. The van der Waals surface area contributed by atoms with Crippen LogP contribution in [0.5, 0.6) is 0 Å². The first-order valence-corrected chi connectivity index (χ1v) is 5.16. The lowest BCUT2D eigenvalue weighted by Crippen LogP contribution is -2.16. The molecule has 72 valence electrons. The average Bonchev–Trinajstić information content (AvgIpc) is 2.59. The maximum atomic E-state index is 5.78. The van der Waals surface area contributed by atoms with Crippen LogP contribution in [0, 0.1) is 0 Å². The van der Waals surface area contributed by atoms with E-state index in [-0.39, 0.29) is 0 Å². The van der Waals surface area contributed by atoms with Gasteiger partial charge in [-0.1, -0.05) is 6.92 Å². The van der Waals surface area contributed by atoms with Gasteiger partial charge in [0.25, 0.3) is 0 Å². The lowest BCUT2D eigenvalue weighted by Gasteiger charge is -2.18. The monoisotopic (exact) mass is 179 g/mol. The summed E-state index contributed by atoms with van der Waals surface area (Å²) in [7, 11) is 0. The quantitative estimate of drug-likeness (QED) is 0.756. The highest BCUT2D eigenvalue weighted by atomic mass is 16.3. The van der Waals surface area contributed by atoms with E-state index < -0.39 is 0 Å². The Balaban J connectivity index is 2.32. The molecule has 2 rings (SSSR count). The zero-order valence-electron chi connectivity index (χ0n) is 8.18. The first-order chi connectivity index (χ1) is 6.35. The molecule has 2 nitrogen and oxygen atoms in total. The van der Waals surface area contributed by atoms with Crippen molar-refractivity contribution in [3.05, 3.63) is 23.2 Å². The second kappa shape index (κ2) is 3.54. The summed E-state index contributed by atoms with van der Waals surface area (Å²) in [4.78, 5) is 0. The maximum Gasteiger partial charge on any atom is 0.111 e. The van der Waals surface area contributed by atoms with E-state index in [1.807, 2.05) is 0 Å². The average molecular weight is 179 g/mol. The third-order valence-electron chi connectivity index (χ3n) is 2.90. The van der Waals surface area contributed by atoms with Gasteiger partial charge in [0.15, 0.2) is 0 Å². The summed E-state index contributed by atoms with van der Waals surface area (Å²) in [5, 5.41) is 0. The van der Waals surface area contributed by atoms with Gasteiger partial charge in [0, 0.05) is 18.9 Å². The molecule has 1 unspecified atom stereocenters. The second-order valence-electron chi connectivity index (χ2n) is 3.78. The number of rotatable bonds is 2. The molecule has 2 N–H and O–H groups in total. The summed E-state index contributed by atoms with van der Waals surface area (Å²) in [5.74, 6) is 2.76. The van der Waals surface area contributed by atoms with Crippen LogP contribution in [0.15, 0.2) is 10.5 Å². The van der Waals surface area contributed by atoms with Crippen LogP contribution in [0.2, 0.25) is 0 Å². The van der Waals surface area contributed by atoms with Crippen molar-refractivity contribution in [1.82, 2.24) is 0 Å². The minimum Gasteiger partial charge on any atom is -0.465 e. The van der Waals surface area contributed by atoms with Crippen molar-refractivity contribution in [2.24, 2.45) is 5.73 Å². The Kier molecular flexibility index (Phi) is 2.40. The minimum absolute atomic E-state index is 0.476. The van der Waals surface area contributed by atoms with Crippen LogP contribution in [0.1, 0.15) is 42.8 Å². The van der Waals surface area contributed by atoms with E-state index in [1.165, 1.54) is 30.6 Å². The zero-order chi connectivity index (χ0) is 9.26. The molecule has 0 fully saturated rings. The molecule has 2 heteroatoms. The molecule has 1 aliphatic rings. The van der Waals surface area contributed by atoms with E-state index >= 15 is 0 Å². The van der Waals surface area contributed by atoms with Gasteiger partial charge in [0.1, 0.15) is 11.5 Å². The highest BCUT2D eigenvalue weighted by Crippen LogP contribution is 2.33. The second-order valence-corrected chi connectivity index (χ2v) is 3.78. The highest BCUT2D eigenvalue weighted by molar-refractivity contribution is 5.27. The van der Waals surface area contributed by atoms with Gasteiger partial charge in [0.05, 0.1) is 0 Å². The van der Waals surface area contributed by atoms with Gasteiger partial charge in [-0.2, -0.15) is 0 Å². The van der Waals surface area contributed by atoms with E-state index in [1.54, 1.807) is 0 Å². The highest BCUT2D eigenvalue weighted by Gasteiger charge is 2.23. The first-order valence-electron chi connectivity index (χ1n) is 5.16. The van der Waals surface area contributed by atoms with E-state index in [0.29, 0.717) is 5.92 Å². The van der Waals surface area contributed by atoms with Gasteiger partial charge >= 0.3 is 0 Å². The molecule has 13 heavy (non-hydrogen) atoms. The molecule has 1 aromatic rings. The molecule has 0 amide bonds. The molecule has 1 atom stereocenters. The third-order valence-corrected chi connectivity index (χ3v) is 2.90. The lowest BCUT2D eigenvalue weighted by atomic mass is 9.89. The fraction of sp³-hybridized carbons (Fsp3) is 0.636. The van der Waals surface area contributed by atoms with Crippen LogP contribution < -0.4 is 5.73 Å². The van der Waals surface area contributed by atoms with Crippen LogP contribution in [0.3, 0.4) is 0 Å². The SMILES string of the molecule is CCc1cc2c(o1)C(CN)CCC2. The summed E-state index contributed by atoms with van der Waals surface area (Å²) in [5.41, 5.74) is 7.11. The Labute approximate surface area is 79.1 Å². The molecule has 0 aliphatic heterocycles. The third kappa shape index (κ3) is 1.51. The van der Waals surface area contributed by atoms with Gasteiger partial charge in [0.2, 0.25) is 0 Å². The summed E-state index contributed by atoms with van der Waals surface area (Å²) >= 11 is 0. The van der Waals surface area contributed by atoms with Crippen LogP contribution in [0.4, 0.5) is 0 Å². The molecule has 0 saturated heterocycles. The molecule has 1 aliphatic carbocycles. The van der Waals surface area contributed by atoms with Gasteiger partial charge in [-0.05, 0) is 30.9 Å². The lowest BCUT2D eigenvalue weighted by molar-refractivity contribution is 0.400. The zero-order valence-corrected chi connectivity index (χ0v) is 8.18. The van der Waals surface area contributed by atoms with Crippen molar-refractivity contribution in [2.45, 2.75) is 38.5 Å². The smallest absolute Gasteiger partial charge is 0.111 e. The standard InChI is InChI=1S/C11H17NO/c1-2-10-6-8-4-3-5-9(7-12)11(8)13-10/h6,9H,2-5,7,12H2,1H3. The van der Waals surface area contributed by atoms with E-state index in [9.17, 15) is 0 Å². The van der Waals surface area contributed by atoms with Crippen molar-refractivity contribution in [1.29, 1.82) is 0 Å². The Bertz CT molecular complexity index is 290. The minimum atomic E-state index is 0.476. The maximum absolute atomic E-state index is 5.78. The van der Waals surface area contributed by atoms with Crippen LogP contribution in [-0.4, -0.2) is 6.54 Å². The first kappa shape index (κ1) is 8.82. The van der Waals surface area contributed by atoms with Crippen molar-refractivity contribution in [3.63, 3.8) is 0 Å².